The Morgan fingerprint density at radius 3 is 2.35 bits per heavy atom. The quantitative estimate of drug-likeness (QED) is 0.747. The first-order chi connectivity index (χ1) is 11.1. The molecule has 1 N–H and O–H groups in total. The van der Waals surface area contributed by atoms with E-state index >= 15 is 0 Å². The van der Waals surface area contributed by atoms with Crippen molar-refractivity contribution in [1.82, 2.24) is 0 Å². The summed E-state index contributed by atoms with van der Waals surface area (Å²) in [6.45, 7) is 2.01. The molecule has 1 aromatic heterocycles. The summed E-state index contributed by atoms with van der Waals surface area (Å²) < 4.78 is 5.35. The minimum Gasteiger partial charge on any atom is -0.508 e. The normalized spacial score (nSPS) is 10.8. The molecule has 23 heavy (non-hydrogen) atoms. The Labute approximate surface area is 133 Å². The van der Waals surface area contributed by atoms with Gasteiger partial charge in [-0.2, -0.15) is 0 Å². The van der Waals surface area contributed by atoms with Crippen molar-refractivity contribution in [2.24, 2.45) is 0 Å². The zero-order chi connectivity index (χ0) is 16.4. The third kappa shape index (κ3) is 2.75. The molecule has 0 saturated carbocycles. The average Bonchev–Trinajstić information content (AvgIpc) is 2.57. The second kappa shape index (κ2) is 6.08. The van der Waals surface area contributed by atoms with Crippen molar-refractivity contribution in [1.29, 1.82) is 0 Å². The Bertz CT molecular complexity index is 920. The monoisotopic (exact) mass is 308 g/mol. The molecule has 0 aliphatic rings. The summed E-state index contributed by atoms with van der Waals surface area (Å²) in [6.07, 6.45) is 1.47. The standard InChI is InChI=1S/C19H16O4/c1-2-5-15-14-6-3-4-7-16(14)19(22)23-18(15)17(21)12-8-10-13(20)11-9-12/h3-4,6-11,20H,2,5H2,1H3. The van der Waals surface area contributed by atoms with Gasteiger partial charge in [-0.25, -0.2) is 4.79 Å². The smallest absolute Gasteiger partial charge is 0.344 e. The van der Waals surface area contributed by atoms with Gasteiger partial charge in [0.25, 0.3) is 0 Å². The number of hydrogen-bond acceptors (Lipinski definition) is 4. The average molecular weight is 308 g/mol. The van der Waals surface area contributed by atoms with Crippen LogP contribution in [0.3, 0.4) is 0 Å². The van der Waals surface area contributed by atoms with Crippen LogP contribution in [0.2, 0.25) is 0 Å². The highest BCUT2D eigenvalue weighted by molar-refractivity contribution is 6.10. The molecule has 1 heterocycles. The summed E-state index contributed by atoms with van der Waals surface area (Å²) in [5, 5.41) is 10.6. The Morgan fingerprint density at radius 1 is 1.04 bits per heavy atom. The summed E-state index contributed by atoms with van der Waals surface area (Å²) in [6, 6.07) is 13.1. The van der Waals surface area contributed by atoms with Crippen LogP contribution in [0.1, 0.15) is 35.0 Å². The largest absolute Gasteiger partial charge is 0.508 e. The molecule has 0 saturated heterocycles. The van der Waals surface area contributed by atoms with E-state index in [9.17, 15) is 14.7 Å². The topological polar surface area (TPSA) is 67.5 Å². The van der Waals surface area contributed by atoms with Gasteiger partial charge in [-0.15, -0.1) is 0 Å². The van der Waals surface area contributed by atoms with Gasteiger partial charge in [0, 0.05) is 11.1 Å². The van der Waals surface area contributed by atoms with Crippen molar-refractivity contribution < 1.29 is 14.3 Å². The Morgan fingerprint density at radius 2 is 1.70 bits per heavy atom. The Balaban J connectivity index is 2.23. The molecule has 0 unspecified atom stereocenters. The summed E-state index contributed by atoms with van der Waals surface area (Å²) in [7, 11) is 0. The van der Waals surface area contributed by atoms with E-state index in [1.807, 2.05) is 19.1 Å². The number of carbonyl (C=O) groups excluding carboxylic acids is 1. The van der Waals surface area contributed by atoms with E-state index in [-0.39, 0.29) is 17.3 Å². The SMILES string of the molecule is CCCc1c(C(=O)c2ccc(O)cc2)oc(=O)c2ccccc12. The highest BCUT2D eigenvalue weighted by atomic mass is 16.4. The minimum atomic E-state index is -0.511. The molecule has 116 valence electrons. The minimum absolute atomic E-state index is 0.0790. The Kier molecular flexibility index (Phi) is 3.98. The molecule has 4 nitrogen and oxygen atoms in total. The van der Waals surface area contributed by atoms with Gasteiger partial charge in [0.15, 0.2) is 5.76 Å². The van der Waals surface area contributed by atoms with Crippen LogP contribution < -0.4 is 5.63 Å². The van der Waals surface area contributed by atoms with E-state index < -0.39 is 5.63 Å². The number of rotatable bonds is 4. The van der Waals surface area contributed by atoms with Gasteiger partial charge in [-0.1, -0.05) is 31.5 Å². The molecule has 0 radical (unpaired) electrons. The second-order valence-corrected chi connectivity index (χ2v) is 5.37. The van der Waals surface area contributed by atoms with Crippen LogP contribution >= 0.6 is 0 Å². The molecule has 0 bridgehead atoms. The molecule has 0 amide bonds. The first kappa shape index (κ1) is 15.0. The number of hydrogen-bond donors (Lipinski definition) is 1. The number of fused-ring (bicyclic) bond motifs is 1. The third-order valence-electron chi connectivity index (χ3n) is 3.78. The van der Waals surface area contributed by atoms with Crippen LogP contribution in [0.25, 0.3) is 10.8 Å². The molecule has 0 spiro atoms. The van der Waals surface area contributed by atoms with Crippen molar-refractivity contribution in [3.63, 3.8) is 0 Å². The third-order valence-corrected chi connectivity index (χ3v) is 3.78. The fourth-order valence-electron chi connectivity index (χ4n) is 2.68. The van der Waals surface area contributed by atoms with E-state index in [2.05, 4.69) is 0 Å². The van der Waals surface area contributed by atoms with Gasteiger partial charge in [-0.05, 0) is 42.1 Å². The molecule has 0 fully saturated rings. The van der Waals surface area contributed by atoms with Crippen LogP contribution in [0.4, 0.5) is 0 Å². The van der Waals surface area contributed by atoms with Crippen molar-refractivity contribution >= 4 is 16.6 Å². The molecule has 3 rings (SSSR count). The summed E-state index contributed by atoms with van der Waals surface area (Å²) >= 11 is 0. The number of phenolic OH excluding ortho intramolecular Hbond substituents is 1. The number of carbonyl (C=O) groups is 1. The van der Waals surface area contributed by atoms with E-state index in [0.29, 0.717) is 17.4 Å². The van der Waals surface area contributed by atoms with Gasteiger partial charge in [0.2, 0.25) is 5.78 Å². The number of phenols is 1. The maximum Gasteiger partial charge on any atom is 0.344 e. The summed E-state index contributed by atoms with van der Waals surface area (Å²) in [5.74, 6) is -0.187. The van der Waals surface area contributed by atoms with E-state index in [0.717, 1.165) is 17.4 Å². The molecule has 0 aliphatic heterocycles. The Hall–Kier alpha value is -2.88. The van der Waals surface area contributed by atoms with E-state index in [4.69, 9.17) is 4.42 Å². The lowest BCUT2D eigenvalue weighted by molar-refractivity contribution is 0.100. The predicted octanol–water partition coefficient (Wildman–Crippen LogP) is 3.68. The highest BCUT2D eigenvalue weighted by Gasteiger charge is 2.20. The molecule has 4 heteroatoms. The van der Waals surface area contributed by atoms with Crippen LogP contribution in [-0.2, 0) is 6.42 Å². The maximum absolute atomic E-state index is 12.7. The lowest BCUT2D eigenvalue weighted by Crippen LogP contribution is -2.12. The molecular formula is C19H16O4. The number of aryl methyl sites for hydroxylation is 1. The lowest BCUT2D eigenvalue weighted by atomic mass is 9.97. The fraction of sp³-hybridized carbons (Fsp3) is 0.158. The number of benzene rings is 2. The van der Waals surface area contributed by atoms with Crippen molar-refractivity contribution in [3.05, 3.63) is 75.8 Å². The summed E-state index contributed by atoms with van der Waals surface area (Å²) in [4.78, 5) is 24.9. The highest BCUT2D eigenvalue weighted by Crippen LogP contribution is 2.24. The zero-order valence-electron chi connectivity index (χ0n) is 12.7. The maximum atomic E-state index is 12.7. The molecule has 0 aliphatic carbocycles. The van der Waals surface area contributed by atoms with Crippen molar-refractivity contribution in [2.45, 2.75) is 19.8 Å². The lowest BCUT2D eigenvalue weighted by Gasteiger charge is -2.10. The van der Waals surface area contributed by atoms with Crippen LogP contribution in [0, 0.1) is 0 Å². The molecule has 0 atom stereocenters. The number of aromatic hydroxyl groups is 1. The zero-order valence-corrected chi connectivity index (χ0v) is 12.7. The van der Waals surface area contributed by atoms with E-state index in [1.54, 1.807) is 12.1 Å². The van der Waals surface area contributed by atoms with Gasteiger partial charge in [0.05, 0.1) is 5.39 Å². The van der Waals surface area contributed by atoms with Gasteiger partial charge >= 0.3 is 5.63 Å². The van der Waals surface area contributed by atoms with Crippen LogP contribution in [0.15, 0.2) is 57.7 Å². The number of ketones is 1. The first-order valence-corrected chi connectivity index (χ1v) is 7.50. The molecule has 3 aromatic rings. The van der Waals surface area contributed by atoms with Crippen molar-refractivity contribution in [2.75, 3.05) is 0 Å². The van der Waals surface area contributed by atoms with Crippen LogP contribution in [0.5, 0.6) is 5.75 Å². The summed E-state index contributed by atoms with van der Waals surface area (Å²) in [5.41, 5.74) is 0.613. The van der Waals surface area contributed by atoms with Crippen LogP contribution in [-0.4, -0.2) is 10.9 Å². The van der Waals surface area contributed by atoms with Crippen molar-refractivity contribution in [3.8, 4) is 5.75 Å². The molecular weight excluding hydrogens is 292 g/mol. The van der Waals surface area contributed by atoms with E-state index in [1.165, 1.54) is 24.3 Å². The van der Waals surface area contributed by atoms with Gasteiger partial charge in [-0.3, -0.25) is 4.79 Å². The van der Waals surface area contributed by atoms with Gasteiger partial charge in [0.1, 0.15) is 5.75 Å². The van der Waals surface area contributed by atoms with Gasteiger partial charge < -0.3 is 9.52 Å². The first-order valence-electron chi connectivity index (χ1n) is 7.50. The second-order valence-electron chi connectivity index (χ2n) is 5.37. The predicted molar refractivity (Wildman–Crippen MR) is 88.0 cm³/mol. The fourth-order valence-corrected chi connectivity index (χ4v) is 2.68. The molecule has 2 aromatic carbocycles.